The molecule has 0 aromatic heterocycles. The molecule has 0 amide bonds. The molecule has 0 radical (unpaired) electrons. The Morgan fingerprint density at radius 3 is 1.20 bits per heavy atom. The summed E-state index contributed by atoms with van der Waals surface area (Å²) in [6.07, 6.45) is 0. The van der Waals surface area contributed by atoms with Crippen LogP contribution in [0.5, 0.6) is 0 Å². The molecule has 20 heavy (non-hydrogen) atoms. The molecule has 0 heterocycles. The number of benzene rings is 2. The smallest absolute Gasteiger partial charge is 0.218 e. The van der Waals surface area contributed by atoms with E-state index in [2.05, 4.69) is 25.3 Å². The Morgan fingerprint density at radius 1 is 0.700 bits per heavy atom. The van der Waals surface area contributed by atoms with Crippen molar-refractivity contribution in [2.24, 2.45) is 0 Å². The van der Waals surface area contributed by atoms with Crippen molar-refractivity contribution in [2.75, 3.05) is 11.5 Å². The number of anilines is 2. The van der Waals surface area contributed by atoms with Gasteiger partial charge in [0.2, 0.25) is 10.2 Å². The lowest BCUT2D eigenvalue weighted by Gasteiger charge is -1.97. The molecule has 104 valence electrons. The van der Waals surface area contributed by atoms with Crippen LogP contribution >= 0.6 is 25.3 Å². The van der Waals surface area contributed by atoms with E-state index in [0.29, 0.717) is 22.5 Å². The molecule has 0 unspecified atom stereocenters. The van der Waals surface area contributed by atoms with Crippen molar-refractivity contribution in [3.8, 4) is 0 Å². The predicted octanol–water partition coefficient (Wildman–Crippen LogP) is 2.68. The lowest BCUT2D eigenvalue weighted by molar-refractivity contribution is 0.108. The normalized spacial score (nSPS) is 9.30. The molecular weight excluding hydrogens is 292 g/mol. The number of carbonyl (C=O) groups is 2. The van der Waals surface area contributed by atoms with Gasteiger partial charge in [0, 0.05) is 11.4 Å². The number of para-hydroxylation sites is 2. The molecule has 0 bridgehead atoms. The largest absolute Gasteiger partial charge is 0.398 e. The van der Waals surface area contributed by atoms with E-state index >= 15 is 0 Å². The summed E-state index contributed by atoms with van der Waals surface area (Å²) in [5, 5.41) is -0.587. The first-order chi connectivity index (χ1) is 9.43. The minimum atomic E-state index is -0.293. The summed E-state index contributed by atoms with van der Waals surface area (Å²) in [6, 6.07) is 13.7. The first kappa shape index (κ1) is 16.1. The zero-order chi connectivity index (χ0) is 15.1. The molecule has 0 aliphatic heterocycles. The van der Waals surface area contributed by atoms with Crippen molar-refractivity contribution in [1.29, 1.82) is 0 Å². The van der Waals surface area contributed by atoms with Crippen LogP contribution in [-0.2, 0) is 0 Å². The van der Waals surface area contributed by atoms with Gasteiger partial charge in [-0.25, -0.2) is 0 Å². The van der Waals surface area contributed by atoms with Crippen LogP contribution in [0.1, 0.15) is 20.7 Å². The zero-order valence-corrected chi connectivity index (χ0v) is 12.3. The maximum atomic E-state index is 10.7. The third-order valence-electron chi connectivity index (χ3n) is 2.38. The van der Waals surface area contributed by atoms with E-state index in [1.807, 2.05) is 0 Å². The molecule has 4 N–H and O–H groups in total. The average Bonchev–Trinajstić information content (AvgIpc) is 2.40. The van der Waals surface area contributed by atoms with Crippen molar-refractivity contribution < 1.29 is 9.59 Å². The molecule has 0 saturated heterocycles. The highest BCUT2D eigenvalue weighted by atomic mass is 32.1. The first-order valence-electron chi connectivity index (χ1n) is 5.59. The summed E-state index contributed by atoms with van der Waals surface area (Å²) in [5.41, 5.74) is 12.8. The first-order valence-corrected chi connectivity index (χ1v) is 6.48. The van der Waals surface area contributed by atoms with E-state index in [0.717, 1.165) is 0 Å². The molecule has 2 aromatic carbocycles. The van der Waals surface area contributed by atoms with Crippen LogP contribution in [0.4, 0.5) is 11.4 Å². The summed E-state index contributed by atoms with van der Waals surface area (Å²) in [7, 11) is 0. The third kappa shape index (κ3) is 4.64. The van der Waals surface area contributed by atoms with Crippen LogP contribution < -0.4 is 11.5 Å². The number of hydrogen-bond donors (Lipinski definition) is 4. The van der Waals surface area contributed by atoms with Gasteiger partial charge < -0.3 is 11.5 Å². The Balaban J connectivity index is 0.000000200. The second-order valence-electron chi connectivity index (χ2n) is 3.78. The Hall–Kier alpha value is -1.92. The SMILES string of the molecule is Nc1ccccc1C(=O)S.Nc1ccccc1C(=O)S. The monoisotopic (exact) mass is 306 g/mol. The van der Waals surface area contributed by atoms with E-state index in [1.165, 1.54) is 0 Å². The number of rotatable bonds is 2. The van der Waals surface area contributed by atoms with E-state index in [-0.39, 0.29) is 10.2 Å². The van der Waals surface area contributed by atoms with Crippen molar-refractivity contribution in [3.63, 3.8) is 0 Å². The summed E-state index contributed by atoms with van der Waals surface area (Å²) in [6.45, 7) is 0. The van der Waals surface area contributed by atoms with Gasteiger partial charge in [-0.15, -0.1) is 25.3 Å². The number of carbonyl (C=O) groups excluding carboxylic acids is 2. The second-order valence-corrected chi connectivity index (χ2v) is 4.60. The van der Waals surface area contributed by atoms with Gasteiger partial charge in [0.05, 0.1) is 11.1 Å². The van der Waals surface area contributed by atoms with Gasteiger partial charge in [-0.05, 0) is 24.3 Å². The maximum Gasteiger partial charge on any atom is 0.218 e. The Morgan fingerprint density at radius 2 is 1.00 bits per heavy atom. The minimum absolute atomic E-state index is 0.293. The summed E-state index contributed by atoms with van der Waals surface area (Å²) >= 11 is 7.28. The van der Waals surface area contributed by atoms with Crippen LogP contribution in [-0.4, -0.2) is 10.2 Å². The van der Waals surface area contributed by atoms with Gasteiger partial charge >= 0.3 is 0 Å². The van der Waals surface area contributed by atoms with E-state index in [4.69, 9.17) is 11.5 Å². The molecule has 0 atom stereocenters. The van der Waals surface area contributed by atoms with E-state index in [1.54, 1.807) is 48.5 Å². The summed E-state index contributed by atoms with van der Waals surface area (Å²) in [4.78, 5) is 21.3. The number of hydrogen-bond acceptors (Lipinski definition) is 4. The summed E-state index contributed by atoms with van der Waals surface area (Å²) < 4.78 is 0. The number of nitrogen functional groups attached to an aromatic ring is 2. The van der Waals surface area contributed by atoms with Crippen LogP contribution in [0.25, 0.3) is 0 Å². The average molecular weight is 306 g/mol. The van der Waals surface area contributed by atoms with Crippen LogP contribution in [0.3, 0.4) is 0 Å². The molecule has 0 aliphatic carbocycles. The van der Waals surface area contributed by atoms with Gasteiger partial charge in [-0.2, -0.15) is 0 Å². The lowest BCUT2D eigenvalue weighted by Crippen LogP contribution is -1.95. The fourth-order valence-corrected chi connectivity index (χ4v) is 1.79. The molecule has 0 aliphatic rings. The van der Waals surface area contributed by atoms with Crippen LogP contribution in [0.15, 0.2) is 48.5 Å². The maximum absolute atomic E-state index is 10.7. The second kappa shape index (κ2) is 7.62. The van der Waals surface area contributed by atoms with Gasteiger partial charge in [-0.1, -0.05) is 24.3 Å². The molecular formula is C14H14N2O2S2. The van der Waals surface area contributed by atoms with Crippen molar-refractivity contribution >= 4 is 46.9 Å². The number of thiol groups is 2. The molecule has 2 rings (SSSR count). The van der Waals surface area contributed by atoms with E-state index in [9.17, 15) is 9.59 Å². The standard InChI is InChI=1S/2C7H7NOS/c2*8-6-4-2-1-3-5(6)7(9)10/h2*1-4H,8H2,(H,9,10). The van der Waals surface area contributed by atoms with Crippen molar-refractivity contribution in [3.05, 3.63) is 59.7 Å². The fraction of sp³-hybridized carbons (Fsp3) is 0. The Bertz CT molecular complexity index is 575. The lowest BCUT2D eigenvalue weighted by atomic mass is 10.2. The highest BCUT2D eigenvalue weighted by Crippen LogP contribution is 2.12. The zero-order valence-electron chi connectivity index (χ0n) is 10.5. The van der Waals surface area contributed by atoms with Gasteiger partial charge in [0.25, 0.3) is 0 Å². The molecule has 2 aromatic rings. The van der Waals surface area contributed by atoms with Gasteiger partial charge in [-0.3, -0.25) is 9.59 Å². The molecule has 4 nitrogen and oxygen atoms in total. The molecule has 0 fully saturated rings. The molecule has 6 heteroatoms. The van der Waals surface area contributed by atoms with Crippen molar-refractivity contribution in [1.82, 2.24) is 0 Å². The Kier molecular flexibility index (Phi) is 6.14. The van der Waals surface area contributed by atoms with Crippen LogP contribution in [0, 0.1) is 0 Å². The van der Waals surface area contributed by atoms with Crippen LogP contribution in [0.2, 0.25) is 0 Å². The molecule has 0 saturated carbocycles. The highest BCUT2D eigenvalue weighted by Gasteiger charge is 2.02. The topological polar surface area (TPSA) is 86.2 Å². The van der Waals surface area contributed by atoms with Gasteiger partial charge in [0.1, 0.15) is 0 Å². The fourth-order valence-electron chi connectivity index (χ4n) is 1.38. The molecule has 0 spiro atoms. The number of nitrogens with two attached hydrogens (primary N) is 2. The Labute approximate surface area is 128 Å². The van der Waals surface area contributed by atoms with E-state index < -0.39 is 0 Å². The minimum Gasteiger partial charge on any atom is -0.398 e. The third-order valence-corrected chi connectivity index (χ3v) is 2.86. The van der Waals surface area contributed by atoms with Crippen molar-refractivity contribution in [2.45, 2.75) is 0 Å². The van der Waals surface area contributed by atoms with Gasteiger partial charge in [0.15, 0.2) is 0 Å². The quantitative estimate of drug-likeness (QED) is 0.507. The summed E-state index contributed by atoms with van der Waals surface area (Å²) in [5.74, 6) is 0. The highest BCUT2D eigenvalue weighted by molar-refractivity contribution is 7.97. The predicted molar refractivity (Wildman–Crippen MR) is 88.3 cm³/mol.